The standard InChI is InChI=1S/C23H27N3O3/c1-15-5-4-6-19-22(15)18(23(27)25-19)14-24-17-7-8-20(16(2)13-17)26(3)10-9-21-28-11-12-29-21/h4-8,13-14,21,24H,9-12H2,1-3H3,(H,25,27)/b18-14+. The van der Waals surface area contributed by atoms with Crippen LogP contribution in [0.25, 0.3) is 5.57 Å². The molecule has 0 aromatic heterocycles. The molecule has 0 saturated carbocycles. The molecule has 0 aliphatic carbocycles. The summed E-state index contributed by atoms with van der Waals surface area (Å²) in [6.45, 7) is 6.34. The van der Waals surface area contributed by atoms with Gasteiger partial charge in [0, 0.05) is 48.8 Å². The van der Waals surface area contributed by atoms with Crippen LogP contribution >= 0.6 is 0 Å². The summed E-state index contributed by atoms with van der Waals surface area (Å²) in [7, 11) is 2.08. The first-order chi connectivity index (χ1) is 14.0. The Morgan fingerprint density at radius 3 is 2.72 bits per heavy atom. The Morgan fingerprint density at radius 1 is 1.17 bits per heavy atom. The van der Waals surface area contributed by atoms with E-state index in [4.69, 9.17) is 9.47 Å². The number of anilines is 3. The van der Waals surface area contributed by atoms with E-state index in [1.54, 1.807) is 6.20 Å². The summed E-state index contributed by atoms with van der Waals surface area (Å²) in [6, 6.07) is 12.1. The lowest BCUT2D eigenvalue weighted by atomic mass is 10.0. The number of rotatable bonds is 6. The molecule has 152 valence electrons. The molecule has 0 bridgehead atoms. The van der Waals surface area contributed by atoms with E-state index in [1.807, 2.05) is 31.2 Å². The van der Waals surface area contributed by atoms with E-state index in [0.29, 0.717) is 18.8 Å². The lowest BCUT2D eigenvalue weighted by Crippen LogP contribution is -2.24. The summed E-state index contributed by atoms with van der Waals surface area (Å²) >= 11 is 0. The Morgan fingerprint density at radius 2 is 1.97 bits per heavy atom. The molecule has 2 aromatic rings. The van der Waals surface area contributed by atoms with Gasteiger partial charge in [-0.15, -0.1) is 0 Å². The van der Waals surface area contributed by atoms with Gasteiger partial charge in [0.05, 0.1) is 18.8 Å². The van der Waals surface area contributed by atoms with Crippen molar-refractivity contribution < 1.29 is 14.3 Å². The predicted molar refractivity (Wildman–Crippen MR) is 116 cm³/mol. The summed E-state index contributed by atoms with van der Waals surface area (Å²) in [5.41, 5.74) is 6.86. The zero-order valence-electron chi connectivity index (χ0n) is 17.1. The maximum absolute atomic E-state index is 12.3. The molecule has 2 heterocycles. The van der Waals surface area contributed by atoms with E-state index >= 15 is 0 Å². The highest BCUT2D eigenvalue weighted by Gasteiger charge is 2.25. The van der Waals surface area contributed by atoms with E-state index in [1.165, 1.54) is 5.69 Å². The molecule has 6 nitrogen and oxygen atoms in total. The van der Waals surface area contributed by atoms with Gasteiger partial charge in [0.2, 0.25) is 0 Å². The lowest BCUT2D eigenvalue weighted by molar-refractivity contribution is -0.110. The second kappa shape index (κ2) is 8.27. The molecule has 1 saturated heterocycles. The van der Waals surface area contributed by atoms with Crippen LogP contribution in [-0.2, 0) is 14.3 Å². The average molecular weight is 393 g/mol. The first-order valence-electron chi connectivity index (χ1n) is 9.96. The van der Waals surface area contributed by atoms with Gasteiger partial charge in [-0.2, -0.15) is 0 Å². The van der Waals surface area contributed by atoms with Crippen molar-refractivity contribution in [3.63, 3.8) is 0 Å². The molecule has 1 fully saturated rings. The molecular formula is C23H27N3O3. The van der Waals surface area contributed by atoms with Gasteiger partial charge in [-0.3, -0.25) is 4.79 Å². The van der Waals surface area contributed by atoms with E-state index in [0.717, 1.165) is 41.0 Å². The summed E-state index contributed by atoms with van der Waals surface area (Å²) in [4.78, 5) is 14.6. The van der Waals surface area contributed by atoms with Gasteiger partial charge in [0.1, 0.15) is 0 Å². The van der Waals surface area contributed by atoms with Crippen molar-refractivity contribution in [2.45, 2.75) is 26.6 Å². The van der Waals surface area contributed by atoms with Gasteiger partial charge in [0.25, 0.3) is 5.91 Å². The van der Waals surface area contributed by atoms with Crippen molar-refractivity contribution >= 4 is 28.5 Å². The normalized spacial score (nSPS) is 17.5. The number of ether oxygens (including phenoxy) is 2. The number of amides is 1. The third kappa shape index (κ3) is 4.13. The summed E-state index contributed by atoms with van der Waals surface area (Å²) in [6.07, 6.45) is 2.55. The number of nitrogens with one attached hydrogen (secondary N) is 2. The largest absolute Gasteiger partial charge is 0.374 e. The number of hydrogen-bond acceptors (Lipinski definition) is 5. The zero-order chi connectivity index (χ0) is 20.4. The highest BCUT2D eigenvalue weighted by Crippen LogP contribution is 2.34. The number of carbonyl (C=O) groups excluding carboxylic acids is 1. The number of aryl methyl sites for hydroxylation is 2. The number of nitrogens with zero attached hydrogens (tertiary/aromatic N) is 1. The molecule has 2 aliphatic rings. The predicted octanol–water partition coefficient (Wildman–Crippen LogP) is 3.91. The fourth-order valence-corrected chi connectivity index (χ4v) is 3.89. The van der Waals surface area contributed by atoms with Crippen molar-refractivity contribution in [2.24, 2.45) is 0 Å². The van der Waals surface area contributed by atoms with E-state index in [-0.39, 0.29) is 12.2 Å². The summed E-state index contributed by atoms with van der Waals surface area (Å²) < 4.78 is 11.0. The average Bonchev–Trinajstić information content (AvgIpc) is 3.32. The number of hydrogen-bond donors (Lipinski definition) is 2. The topological polar surface area (TPSA) is 62.8 Å². The Labute approximate surface area is 171 Å². The quantitative estimate of drug-likeness (QED) is 0.729. The van der Waals surface area contributed by atoms with Crippen LogP contribution in [0.1, 0.15) is 23.1 Å². The number of fused-ring (bicyclic) bond motifs is 1. The van der Waals surface area contributed by atoms with Crippen LogP contribution in [0, 0.1) is 13.8 Å². The molecule has 0 unspecified atom stereocenters. The highest BCUT2D eigenvalue weighted by molar-refractivity contribution is 6.32. The van der Waals surface area contributed by atoms with Crippen molar-refractivity contribution in [2.75, 3.05) is 42.3 Å². The van der Waals surface area contributed by atoms with Crippen molar-refractivity contribution in [1.82, 2.24) is 0 Å². The minimum absolute atomic E-state index is 0.0776. The van der Waals surface area contributed by atoms with Crippen LogP contribution in [0.15, 0.2) is 42.6 Å². The van der Waals surface area contributed by atoms with E-state index in [9.17, 15) is 4.79 Å². The molecule has 2 N–H and O–H groups in total. The monoisotopic (exact) mass is 393 g/mol. The third-order valence-corrected chi connectivity index (χ3v) is 5.42. The second-order valence-corrected chi connectivity index (χ2v) is 7.54. The Balaban J connectivity index is 1.45. The van der Waals surface area contributed by atoms with Crippen LogP contribution in [0.3, 0.4) is 0 Å². The van der Waals surface area contributed by atoms with E-state index in [2.05, 4.69) is 41.6 Å². The first-order valence-corrected chi connectivity index (χ1v) is 9.96. The molecule has 2 aromatic carbocycles. The Bertz CT molecular complexity index is 948. The van der Waals surface area contributed by atoms with E-state index < -0.39 is 0 Å². The van der Waals surface area contributed by atoms with Crippen LogP contribution in [0.5, 0.6) is 0 Å². The summed E-state index contributed by atoms with van der Waals surface area (Å²) in [5, 5.41) is 6.21. The molecule has 29 heavy (non-hydrogen) atoms. The number of carbonyl (C=O) groups is 1. The van der Waals surface area contributed by atoms with Crippen LogP contribution in [0.2, 0.25) is 0 Å². The van der Waals surface area contributed by atoms with Gasteiger partial charge in [-0.25, -0.2) is 0 Å². The van der Waals surface area contributed by atoms with Crippen molar-refractivity contribution in [3.05, 3.63) is 59.3 Å². The van der Waals surface area contributed by atoms with Gasteiger partial charge in [-0.1, -0.05) is 12.1 Å². The lowest BCUT2D eigenvalue weighted by Gasteiger charge is -2.23. The van der Waals surface area contributed by atoms with Gasteiger partial charge < -0.3 is 25.0 Å². The molecule has 0 spiro atoms. The Hall–Kier alpha value is -2.83. The first kappa shape index (κ1) is 19.5. The minimum Gasteiger partial charge on any atom is -0.374 e. The highest BCUT2D eigenvalue weighted by atomic mass is 16.7. The van der Waals surface area contributed by atoms with Crippen LogP contribution in [-0.4, -0.2) is 39.0 Å². The van der Waals surface area contributed by atoms with Gasteiger partial charge in [-0.05, 0) is 49.2 Å². The zero-order valence-corrected chi connectivity index (χ0v) is 17.1. The van der Waals surface area contributed by atoms with Crippen LogP contribution in [0.4, 0.5) is 17.1 Å². The van der Waals surface area contributed by atoms with Crippen molar-refractivity contribution in [3.8, 4) is 0 Å². The minimum atomic E-state index is -0.0887. The second-order valence-electron chi connectivity index (χ2n) is 7.54. The SMILES string of the molecule is Cc1cc(N/C=C2/C(=O)Nc3cccc(C)c32)ccc1N(C)CCC1OCCO1. The fraction of sp³-hybridized carbons (Fsp3) is 0.348. The summed E-state index contributed by atoms with van der Waals surface area (Å²) in [5.74, 6) is -0.0776. The van der Waals surface area contributed by atoms with Gasteiger partial charge >= 0.3 is 0 Å². The fourth-order valence-electron chi connectivity index (χ4n) is 3.89. The molecule has 0 radical (unpaired) electrons. The smallest absolute Gasteiger partial charge is 0.257 e. The maximum atomic E-state index is 12.3. The molecule has 0 atom stereocenters. The van der Waals surface area contributed by atoms with Crippen molar-refractivity contribution in [1.29, 1.82) is 0 Å². The van der Waals surface area contributed by atoms with Gasteiger partial charge in [0.15, 0.2) is 6.29 Å². The third-order valence-electron chi connectivity index (χ3n) is 5.42. The molecule has 6 heteroatoms. The molecule has 1 amide bonds. The number of benzene rings is 2. The maximum Gasteiger partial charge on any atom is 0.257 e. The Kier molecular flexibility index (Phi) is 5.56. The molecular weight excluding hydrogens is 366 g/mol. The molecule has 4 rings (SSSR count). The molecule has 2 aliphatic heterocycles. The van der Waals surface area contributed by atoms with Crippen LogP contribution < -0.4 is 15.5 Å².